The maximum Gasteiger partial charge on any atom is 0.404 e. The Kier molecular flexibility index (Phi) is 30.9. The standard InChI is InChI=1S/C57H89N19O21S2/c1-22-35(73-48(76-46(22)61)27(14-33(60)80)68-15-26(59)47(62)86)52(90)75-37(43(28-16-65-21-69-28)95-56-45(41(84)39(82)31(17-77)94-56)96-55-42(85)44(97-57(63)92)40(83)32(18-78)93-55)53(91)70-24(3)38(81)23(2)49(87)74-36(25(4)79)51(89)67-13-8-34-71-30(20-98-34)54-72-29(19-99-54)50(88)66-12-7-11-64-10-6-5-9-58/h16,19-21,23-27,31-32,36-45,55-56,64,68,77-79,81-85H,5-15,17-18,58-59H2,1-4H3,(H2,60,80)(H2,62,86)(H2,63,92)(H,65,69)(H,66,88)(H,67,89)(H,70,91)(H,74,87)(H,75,90)(H2,61,73,76)/t23-,24+,25-,26+,27-,31+,32+,36+,37+,38-,39-,40+,41-,42+,43+,44-,45+,55-,56+/m0/s1. The van der Waals surface area contributed by atoms with Gasteiger partial charge in [0.25, 0.3) is 11.8 Å². The molecule has 6 heterocycles. The number of rotatable bonds is 39. The Morgan fingerprint density at radius 2 is 1.44 bits per heavy atom. The number of aromatic amines is 1. The number of hydrogen-bond acceptors (Lipinski definition) is 33. The summed E-state index contributed by atoms with van der Waals surface area (Å²) >= 11 is 2.50. The number of nitrogens with one attached hydrogen (secondary N) is 8. The molecule has 6 rings (SSSR count). The van der Waals surface area contributed by atoms with Crippen molar-refractivity contribution in [1.29, 1.82) is 0 Å². The maximum absolute atomic E-state index is 15.2. The van der Waals surface area contributed by atoms with Gasteiger partial charge in [0.2, 0.25) is 29.5 Å². The van der Waals surface area contributed by atoms with E-state index in [-0.39, 0.29) is 54.0 Å². The van der Waals surface area contributed by atoms with Gasteiger partial charge in [0.1, 0.15) is 94.6 Å². The van der Waals surface area contributed by atoms with E-state index in [1.165, 1.54) is 50.4 Å². The predicted octanol–water partition coefficient (Wildman–Crippen LogP) is -8.25. The molecule has 4 aromatic rings. The fourth-order valence-electron chi connectivity index (χ4n) is 10.2. The van der Waals surface area contributed by atoms with E-state index in [4.69, 9.17) is 58.1 Å². The van der Waals surface area contributed by atoms with Gasteiger partial charge < -0.3 is 141 Å². The van der Waals surface area contributed by atoms with Crippen LogP contribution < -0.4 is 71.6 Å². The lowest BCUT2D eigenvalue weighted by atomic mass is 9.96. The number of carbonyl (C=O) groups is 8. The molecule has 4 aromatic heterocycles. The number of carbonyl (C=O) groups excluding carboxylic acids is 8. The fourth-order valence-corrected chi connectivity index (χ4v) is 11.8. The zero-order valence-corrected chi connectivity index (χ0v) is 56.0. The number of unbranched alkanes of at least 4 members (excludes halogenated alkanes) is 1. The SMILES string of the molecule is Cc1c(N)nc([C@H](CC(N)=O)NC[C@@H](N)C(N)=O)nc1C(=O)N[C@@H](C(=O)N[C@H](C)[C@@H](O)[C@H](C)C(=O)N[C@@H](C(=O)NCCc1nc(-c2nc(C(=O)NCCCNCCCCN)cs2)cs1)[C@H](C)O)[C@H](O[C@H]1O[C@H](CO)[C@H](O)[C@H](O)[C@H]1O[C@@H]1O[C@H](CO)[C@@H](O)[C@H](OC(N)=O)[C@H]1O)c1cnc[nH]1. The van der Waals surface area contributed by atoms with Crippen LogP contribution in [-0.4, -0.2) is 268 Å². The molecule has 0 unspecified atom stereocenters. The summed E-state index contributed by atoms with van der Waals surface area (Å²) in [4.78, 5) is 131. The van der Waals surface area contributed by atoms with Gasteiger partial charge in [-0.05, 0) is 59.7 Å². The molecule has 42 heteroatoms. The Hall–Kier alpha value is -7.73. The van der Waals surface area contributed by atoms with Crippen molar-refractivity contribution in [2.24, 2.45) is 34.6 Å². The van der Waals surface area contributed by atoms with Crippen LogP contribution in [0.3, 0.4) is 0 Å². The van der Waals surface area contributed by atoms with Crippen molar-refractivity contribution in [3.05, 3.63) is 56.8 Å². The third-order valence-corrected chi connectivity index (χ3v) is 17.7. The molecular formula is C57H89N19O21S2. The van der Waals surface area contributed by atoms with Crippen molar-refractivity contribution in [1.82, 2.24) is 67.1 Å². The summed E-state index contributed by atoms with van der Waals surface area (Å²) < 4.78 is 28.7. The minimum atomic E-state index is -2.20. The van der Waals surface area contributed by atoms with E-state index >= 15 is 4.79 Å². The molecule has 0 aromatic carbocycles. The van der Waals surface area contributed by atoms with Crippen LogP contribution in [0.4, 0.5) is 10.6 Å². The number of nitrogens with zero attached hydrogens (tertiary/aromatic N) is 5. The molecule has 8 amide bonds. The Labute approximate surface area is 573 Å². The summed E-state index contributed by atoms with van der Waals surface area (Å²) in [6.07, 6.45) is -22.5. The van der Waals surface area contributed by atoms with Gasteiger partial charge >= 0.3 is 6.09 Å². The maximum atomic E-state index is 15.2. The molecular weight excluding hydrogens is 1350 g/mol. The Morgan fingerprint density at radius 1 is 0.747 bits per heavy atom. The van der Waals surface area contributed by atoms with Gasteiger partial charge in [-0.1, -0.05) is 6.92 Å². The summed E-state index contributed by atoms with van der Waals surface area (Å²) in [5.41, 5.74) is 33.6. The van der Waals surface area contributed by atoms with E-state index in [2.05, 4.69) is 67.1 Å². The molecule has 0 bridgehead atoms. The van der Waals surface area contributed by atoms with E-state index < -0.39 is 183 Å². The molecule has 19 atom stereocenters. The number of H-pyrrole nitrogens is 1. The first-order chi connectivity index (χ1) is 47.0. The van der Waals surface area contributed by atoms with Gasteiger partial charge in [0.15, 0.2) is 18.7 Å². The second-order valence-electron chi connectivity index (χ2n) is 23.4. The van der Waals surface area contributed by atoms with Gasteiger partial charge in [0, 0.05) is 48.8 Å². The first kappa shape index (κ1) is 80.2. The highest BCUT2D eigenvalue weighted by Gasteiger charge is 2.54. The van der Waals surface area contributed by atoms with Gasteiger partial charge in [0.05, 0.1) is 72.7 Å². The van der Waals surface area contributed by atoms with E-state index in [1.54, 1.807) is 10.8 Å². The first-order valence-electron chi connectivity index (χ1n) is 31.4. The number of nitrogen functional groups attached to an aromatic ring is 1. The van der Waals surface area contributed by atoms with Crippen molar-refractivity contribution in [2.45, 2.75) is 170 Å². The minimum Gasteiger partial charge on any atom is -0.441 e. The Balaban J connectivity index is 1.23. The van der Waals surface area contributed by atoms with E-state index in [0.29, 0.717) is 28.8 Å². The van der Waals surface area contributed by atoms with Crippen LogP contribution in [0, 0.1) is 12.8 Å². The van der Waals surface area contributed by atoms with Crippen LogP contribution >= 0.6 is 22.7 Å². The highest BCUT2D eigenvalue weighted by Crippen LogP contribution is 2.35. The lowest BCUT2D eigenvalue weighted by Crippen LogP contribution is -2.65. The molecule has 550 valence electrons. The summed E-state index contributed by atoms with van der Waals surface area (Å²) in [5.74, 6) is -8.74. The molecule has 2 fully saturated rings. The molecule has 2 aliphatic heterocycles. The van der Waals surface area contributed by atoms with Gasteiger partial charge in [-0.15, -0.1) is 22.7 Å². The van der Waals surface area contributed by atoms with Crippen LogP contribution in [0.1, 0.15) is 102 Å². The quantitative estimate of drug-likeness (QED) is 0.0185. The number of aromatic nitrogens is 6. The number of amides is 8. The molecule has 28 N–H and O–H groups in total. The minimum absolute atomic E-state index is 0.0140. The van der Waals surface area contributed by atoms with Crippen LogP contribution in [0.25, 0.3) is 10.7 Å². The molecule has 0 saturated carbocycles. The zero-order valence-electron chi connectivity index (χ0n) is 54.4. The lowest BCUT2D eigenvalue weighted by Gasteiger charge is -2.47. The molecule has 40 nitrogen and oxygen atoms in total. The number of thiazole rings is 2. The van der Waals surface area contributed by atoms with E-state index in [1.807, 2.05) is 0 Å². The molecule has 0 radical (unpaired) electrons. The molecule has 99 heavy (non-hydrogen) atoms. The average molecular weight is 1440 g/mol. The number of aliphatic hydroxyl groups excluding tert-OH is 8. The summed E-state index contributed by atoms with van der Waals surface area (Å²) in [6.45, 7) is 5.29. The topological polar surface area (TPSA) is 665 Å². The lowest BCUT2D eigenvalue weighted by molar-refractivity contribution is -0.372. The van der Waals surface area contributed by atoms with Gasteiger partial charge in [-0.2, -0.15) is 0 Å². The summed E-state index contributed by atoms with van der Waals surface area (Å²) in [7, 11) is 0. The monoisotopic (exact) mass is 1440 g/mol. The van der Waals surface area contributed by atoms with Crippen LogP contribution in [0.15, 0.2) is 23.3 Å². The van der Waals surface area contributed by atoms with Gasteiger partial charge in [-0.3, -0.25) is 33.6 Å². The number of primary amides is 3. The van der Waals surface area contributed by atoms with Crippen molar-refractivity contribution in [3.63, 3.8) is 0 Å². The fraction of sp³-hybridized carbons (Fsp3) is 0.632. The van der Waals surface area contributed by atoms with Crippen molar-refractivity contribution in [3.8, 4) is 10.7 Å². The Bertz CT molecular complexity index is 3320. The largest absolute Gasteiger partial charge is 0.441 e. The van der Waals surface area contributed by atoms with E-state index in [9.17, 15) is 74.4 Å². The smallest absolute Gasteiger partial charge is 0.404 e. The third kappa shape index (κ3) is 22.1. The van der Waals surface area contributed by atoms with Crippen molar-refractivity contribution >= 4 is 75.9 Å². The summed E-state index contributed by atoms with van der Waals surface area (Å²) in [6, 6.07) is -7.87. The second kappa shape index (κ2) is 38.2. The highest BCUT2D eigenvalue weighted by atomic mass is 32.1. The number of nitrogens with two attached hydrogens (primary N) is 6. The van der Waals surface area contributed by atoms with Gasteiger partial charge in [-0.25, -0.2) is 29.7 Å². The normalized spacial score (nSPS) is 23.6. The van der Waals surface area contributed by atoms with Crippen LogP contribution in [0.2, 0.25) is 0 Å². The summed E-state index contributed by atoms with van der Waals surface area (Å²) in [5, 5.41) is 111. The first-order valence-corrected chi connectivity index (χ1v) is 33.1. The van der Waals surface area contributed by atoms with Crippen LogP contribution in [0.5, 0.6) is 0 Å². The number of anilines is 1. The van der Waals surface area contributed by atoms with Crippen molar-refractivity contribution in [2.75, 3.05) is 58.2 Å². The average Bonchev–Trinajstić information content (AvgIpc) is 1.07. The second-order valence-corrected chi connectivity index (χ2v) is 25.2. The number of ether oxygens (including phenoxy) is 5. The molecule has 0 spiro atoms. The molecule has 2 aliphatic rings. The van der Waals surface area contributed by atoms with Crippen LogP contribution in [-0.2, 0) is 54.1 Å². The number of imidazole rings is 1. The van der Waals surface area contributed by atoms with Crippen molar-refractivity contribution < 1.29 is 103 Å². The Morgan fingerprint density at radius 3 is 2.09 bits per heavy atom. The third-order valence-electron chi connectivity index (χ3n) is 15.9. The highest BCUT2D eigenvalue weighted by molar-refractivity contribution is 7.14. The number of hydrogen-bond donors (Lipinski definition) is 22. The molecule has 0 aliphatic carbocycles. The molecule has 2 saturated heterocycles. The number of aliphatic hydroxyl groups is 8. The van der Waals surface area contributed by atoms with E-state index in [0.717, 1.165) is 44.9 Å². The zero-order chi connectivity index (χ0) is 72.9. The predicted molar refractivity (Wildman–Crippen MR) is 346 cm³/mol.